The van der Waals surface area contributed by atoms with Crippen molar-refractivity contribution < 1.29 is 19.8 Å². The molecule has 19 heavy (non-hydrogen) atoms. The molecule has 0 aliphatic carbocycles. The van der Waals surface area contributed by atoms with E-state index in [1.54, 1.807) is 0 Å². The molecule has 0 aromatic heterocycles. The van der Waals surface area contributed by atoms with Crippen LogP contribution in [0.3, 0.4) is 0 Å². The van der Waals surface area contributed by atoms with Crippen LogP contribution in [0.2, 0.25) is 0 Å². The van der Waals surface area contributed by atoms with Gasteiger partial charge in [-0.1, -0.05) is 30.3 Å². The highest BCUT2D eigenvalue weighted by atomic mass is 16.4. The van der Waals surface area contributed by atoms with Crippen molar-refractivity contribution >= 4 is 12.0 Å². The average Bonchev–Trinajstić information content (AvgIpc) is 2.79. The van der Waals surface area contributed by atoms with Gasteiger partial charge in [-0.25, -0.2) is 9.59 Å². The summed E-state index contributed by atoms with van der Waals surface area (Å²) in [5.74, 6) is -1.09. The maximum absolute atomic E-state index is 11.9. The Kier molecular flexibility index (Phi) is 4.01. The first-order valence-corrected chi connectivity index (χ1v) is 6.07. The number of urea groups is 1. The molecule has 1 aliphatic heterocycles. The third-order valence-electron chi connectivity index (χ3n) is 3.11. The number of carboxylic acids is 1. The van der Waals surface area contributed by atoms with Crippen LogP contribution in [-0.4, -0.2) is 45.8 Å². The van der Waals surface area contributed by atoms with Crippen LogP contribution in [0.1, 0.15) is 12.0 Å². The molecular formula is C13H16N2O4. The number of amides is 2. The summed E-state index contributed by atoms with van der Waals surface area (Å²) in [6, 6.07) is 7.92. The summed E-state index contributed by atoms with van der Waals surface area (Å²) in [7, 11) is 0. The summed E-state index contributed by atoms with van der Waals surface area (Å²) in [4.78, 5) is 24.1. The van der Waals surface area contributed by atoms with E-state index in [1.165, 1.54) is 0 Å². The van der Waals surface area contributed by atoms with Crippen LogP contribution in [-0.2, 0) is 11.3 Å². The molecule has 0 saturated carbocycles. The summed E-state index contributed by atoms with van der Waals surface area (Å²) >= 11 is 0. The molecule has 3 N–H and O–H groups in total. The second-order valence-electron chi connectivity index (χ2n) is 4.54. The first kappa shape index (κ1) is 13.4. The number of aliphatic hydroxyl groups is 1. The topological polar surface area (TPSA) is 89.9 Å². The Labute approximate surface area is 110 Å². The number of carboxylic acid groups (broad SMARTS) is 1. The number of aliphatic carboxylic acids is 1. The fraction of sp³-hybridized carbons (Fsp3) is 0.385. The predicted molar refractivity (Wildman–Crippen MR) is 67.4 cm³/mol. The number of hydrogen-bond acceptors (Lipinski definition) is 3. The number of nitrogens with one attached hydrogen (secondary N) is 1. The molecule has 1 aliphatic rings. The van der Waals surface area contributed by atoms with E-state index in [0.29, 0.717) is 6.54 Å². The highest BCUT2D eigenvalue weighted by Gasteiger charge is 2.38. The molecule has 1 fully saturated rings. The van der Waals surface area contributed by atoms with Crippen molar-refractivity contribution in [2.75, 3.05) is 6.54 Å². The van der Waals surface area contributed by atoms with E-state index in [0.717, 1.165) is 10.5 Å². The lowest BCUT2D eigenvalue weighted by Crippen LogP contribution is -2.45. The molecule has 1 aromatic rings. The molecule has 2 rings (SSSR count). The Morgan fingerprint density at radius 2 is 2.00 bits per heavy atom. The summed E-state index contributed by atoms with van der Waals surface area (Å²) < 4.78 is 0. The molecule has 1 heterocycles. The Hall–Kier alpha value is -2.08. The van der Waals surface area contributed by atoms with E-state index in [-0.39, 0.29) is 13.0 Å². The molecule has 0 bridgehead atoms. The molecule has 0 unspecified atom stereocenters. The van der Waals surface area contributed by atoms with Gasteiger partial charge in [0.15, 0.2) is 0 Å². The number of β-amino-alcohol motifs (C(OH)–C–C–N with tert-alkyl or cyclic N) is 1. The van der Waals surface area contributed by atoms with Gasteiger partial charge in [0.1, 0.15) is 6.04 Å². The van der Waals surface area contributed by atoms with Crippen LogP contribution in [0, 0.1) is 0 Å². The normalized spacial score (nSPS) is 22.3. The molecule has 6 heteroatoms. The lowest BCUT2D eigenvalue weighted by atomic mass is 10.2. The lowest BCUT2D eigenvalue weighted by molar-refractivity contribution is -0.141. The fourth-order valence-corrected chi connectivity index (χ4v) is 2.15. The maximum atomic E-state index is 11.9. The van der Waals surface area contributed by atoms with Gasteiger partial charge < -0.3 is 20.4 Å². The van der Waals surface area contributed by atoms with Crippen molar-refractivity contribution in [3.8, 4) is 0 Å². The SMILES string of the molecule is O=C(O)[C@@H]1C[C@H](O)CN1C(=O)NCc1ccccc1. The van der Waals surface area contributed by atoms with Crippen LogP contribution in [0.5, 0.6) is 0 Å². The van der Waals surface area contributed by atoms with Gasteiger partial charge in [0.2, 0.25) is 0 Å². The van der Waals surface area contributed by atoms with Gasteiger partial charge >= 0.3 is 12.0 Å². The van der Waals surface area contributed by atoms with E-state index in [4.69, 9.17) is 5.11 Å². The summed E-state index contributed by atoms with van der Waals surface area (Å²) in [6.07, 6.45) is -0.697. The maximum Gasteiger partial charge on any atom is 0.326 e. The van der Waals surface area contributed by atoms with Crippen LogP contribution in [0.4, 0.5) is 4.79 Å². The number of hydrogen-bond donors (Lipinski definition) is 3. The lowest BCUT2D eigenvalue weighted by Gasteiger charge is -2.21. The quantitative estimate of drug-likeness (QED) is 0.738. The molecule has 2 amide bonds. The van der Waals surface area contributed by atoms with Crippen LogP contribution < -0.4 is 5.32 Å². The third-order valence-corrected chi connectivity index (χ3v) is 3.11. The predicted octanol–water partition coefficient (Wildman–Crippen LogP) is 0.416. The minimum Gasteiger partial charge on any atom is -0.480 e. The van der Waals surface area contributed by atoms with Crippen molar-refractivity contribution in [1.29, 1.82) is 0 Å². The third kappa shape index (κ3) is 3.23. The van der Waals surface area contributed by atoms with Crippen LogP contribution >= 0.6 is 0 Å². The number of carbonyl (C=O) groups is 2. The van der Waals surface area contributed by atoms with Gasteiger partial charge in [0.25, 0.3) is 0 Å². The monoisotopic (exact) mass is 264 g/mol. The van der Waals surface area contributed by atoms with E-state index in [2.05, 4.69) is 5.32 Å². The molecule has 2 atom stereocenters. The van der Waals surface area contributed by atoms with Crippen molar-refractivity contribution in [2.24, 2.45) is 0 Å². The average molecular weight is 264 g/mol. The van der Waals surface area contributed by atoms with Crippen molar-refractivity contribution in [2.45, 2.75) is 25.1 Å². The molecule has 0 spiro atoms. The molecule has 0 radical (unpaired) electrons. The zero-order valence-corrected chi connectivity index (χ0v) is 10.3. The molecule has 1 aromatic carbocycles. The first-order valence-electron chi connectivity index (χ1n) is 6.07. The van der Waals surface area contributed by atoms with Gasteiger partial charge in [0, 0.05) is 19.5 Å². The number of likely N-dealkylation sites (tertiary alicyclic amines) is 1. The summed E-state index contributed by atoms with van der Waals surface area (Å²) in [5, 5.41) is 21.1. The zero-order valence-electron chi connectivity index (χ0n) is 10.3. The highest BCUT2D eigenvalue weighted by Crippen LogP contribution is 2.18. The molecular weight excluding hydrogens is 248 g/mol. The Morgan fingerprint density at radius 1 is 1.32 bits per heavy atom. The first-order chi connectivity index (χ1) is 9.08. The minimum absolute atomic E-state index is 0.0532. The second-order valence-corrected chi connectivity index (χ2v) is 4.54. The van der Waals surface area contributed by atoms with Crippen molar-refractivity contribution in [3.63, 3.8) is 0 Å². The van der Waals surface area contributed by atoms with Gasteiger partial charge in [-0.05, 0) is 5.56 Å². The number of benzene rings is 1. The largest absolute Gasteiger partial charge is 0.480 e. The summed E-state index contributed by atoms with van der Waals surface area (Å²) in [5.41, 5.74) is 0.933. The summed E-state index contributed by atoms with van der Waals surface area (Å²) in [6.45, 7) is 0.385. The number of carbonyl (C=O) groups excluding carboxylic acids is 1. The number of rotatable bonds is 3. The Bertz CT molecular complexity index is 463. The minimum atomic E-state index is -1.09. The van der Waals surface area contributed by atoms with E-state index < -0.39 is 24.1 Å². The number of nitrogens with zero attached hydrogens (tertiary/aromatic N) is 1. The smallest absolute Gasteiger partial charge is 0.326 e. The second kappa shape index (κ2) is 5.71. The van der Waals surface area contributed by atoms with Crippen LogP contribution in [0.15, 0.2) is 30.3 Å². The van der Waals surface area contributed by atoms with E-state index >= 15 is 0 Å². The molecule has 1 saturated heterocycles. The Balaban J connectivity index is 1.94. The fourth-order valence-electron chi connectivity index (χ4n) is 2.15. The van der Waals surface area contributed by atoms with E-state index in [9.17, 15) is 14.7 Å². The van der Waals surface area contributed by atoms with Crippen LogP contribution in [0.25, 0.3) is 0 Å². The van der Waals surface area contributed by atoms with Crippen molar-refractivity contribution in [3.05, 3.63) is 35.9 Å². The van der Waals surface area contributed by atoms with Gasteiger partial charge in [-0.2, -0.15) is 0 Å². The highest BCUT2D eigenvalue weighted by molar-refractivity contribution is 5.83. The van der Waals surface area contributed by atoms with Gasteiger partial charge in [-0.15, -0.1) is 0 Å². The van der Waals surface area contributed by atoms with Gasteiger partial charge in [0.05, 0.1) is 6.10 Å². The number of aliphatic hydroxyl groups excluding tert-OH is 1. The molecule has 6 nitrogen and oxygen atoms in total. The van der Waals surface area contributed by atoms with Gasteiger partial charge in [-0.3, -0.25) is 0 Å². The Morgan fingerprint density at radius 3 is 2.63 bits per heavy atom. The van der Waals surface area contributed by atoms with E-state index in [1.807, 2.05) is 30.3 Å². The zero-order chi connectivity index (χ0) is 13.8. The molecule has 102 valence electrons. The standard InChI is InChI=1S/C13H16N2O4/c16-10-6-11(12(17)18)15(8-10)13(19)14-7-9-4-2-1-3-5-9/h1-5,10-11,16H,6-8H2,(H,14,19)(H,17,18)/t10-,11-/m0/s1. The van der Waals surface area contributed by atoms with Crippen molar-refractivity contribution in [1.82, 2.24) is 10.2 Å².